The van der Waals surface area contributed by atoms with E-state index in [1.165, 1.54) is 4.90 Å². The molecule has 1 fully saturated rings. The predicted octanol–water partition coefficient (Wildman–Crippen LogP) is 1.17. The standard InChI is InChI=1S/C14H19N3O3/c1-10(2)8-17-12(9-20-14(17)19)13(18)16-7-11-4-3-5-15-6-11/h3-6,10,12H,7-9H2,1-2H3,(H,16,18)/t12-/m0/s1. The summed E-state index contributed by atoms with van der Waals surface area (Å²) in [6.07, 6.45) is 2.96. The number of hydrogen-bond donors (Lipinski definition) is 1. The van der Waals surface area contributed by atoms with Crippen LogP contribution in [0, 0.1) is 5.92 Å². The molecule has 0 radical (unpaired) electrons. The van der Waals surface area contributed by atoms with Crippen molar-refractivity contribution in [1.29, 1.82) is 0 Å². The SMILES string of the molecule is CC(C)CN1C(=O)OC[C@H]1C(=O)NCc1cccnc1. The largest absolute Gasteiger partial charge is 0.447 e. The Bertz CT molecular complexity index is 476. The molecule has 0 saturated carbocycles. The highest BCUT2D eigenvalue weighted by molar-refractivity contribution is 5.87. The van der Waals surface area contributed by atoms with Gasteiger partial charge in [-0.3, -0.25) is 14.7 Å². The quantitative estimate of drug-likeness (QED) is 0.877. The average molecular weight is 277 g/mol. The van der Waals surface area contributed by atoms with Crippen molar-refractivity contribution in [2.45, 2.75) is 26.4 Å². The van der Waals surface area contributed by atoms with Gasteiger partial charge in [-0.15, -0.1) is 0 Å². The molecule has 1 atom stereocenters. The smallest absolute Gasteiger partial charge is 0.410 e. The Balaban J connectivity index is 1.92. The summed E-state index contributed by atoms with van der Waals surface area (Å²) >= 11 is 0. The first-order valence-corrected chi connectivity index (χ1v) is 6.68. The highest BCUT2D eigenvalue weighted by Gasteiger charge is 2.37. The monoisotopic (exact) mass is 277 g/mol. The topological polar surface area (TPSA) is 71.5 Å². The summed E-state index contributed by atoms with van der Waals surface area (Å²) in [6.45, 7) is 5.02. The molecule has 20 heavy (non-hydrogen) atoms. The summed E-state index contributed by atoms with van der Waals surface area (Å²) in [5.74, 6) is 0.0922. The minimum atomic E-state index is -0.540. The lowest BCUT2D eigenvalue weighted by atomic mass is 10.1. The number of nitrogens with one attached hydrogen (secondary N) is 1. The maximum absolute atomic E-state index is 12.2. The molecule has 2 amide bonds. The molecule has 2 heterocycles. The molecule has 0 aliphatic carbocycles. The van der Waals surface area contributed by atoms with Gasteiger partial charge in [0, 0.05) is 25.5 Å². The third-order valence-corrected chi connectivity index (χ3v) is 3.03. The van der Waals surface area contributed by atoms with E-state index < -0.39 is 12.1 Å². The Labute approximate surface area is 118 Å². The predicted molar refractivity (Wildman–Crippen MR) is 72.8 cm³/mol. The molecule has 0 aromatic carbocycles. The number of aromatic nitrogens is 1. The van der Waals surface area contributed by atoms with Crippen LogP contribution in [0.4, 0.5) is 4.79 Å². The molecule has 1 aromatic rings. The molecule has 1 saturated heterocycles. The van der Waals surface area contributed by atoms with Gasteiger partial charge >= 0.3 is 6.09 Å². The number of nitrogens with zero attached hydrogens (tertiary/aromatic N) is 2. The lowest BCUT2D eigenvalue weighted by Crippen LogP contribution is -2.46. The molecular formula is C14H19N3O3. The molecule has 6 nitrogen and oxygen atoms in total. The van der Waals surface area contributed by atoms with Crippen LogP contribution >= 0.6 is 0 Å². The van der Waals surface area contributed by atoms with Crippen molar-refractivity contribution in [3.8, 4) is 0 Å². The number of pyridine rings is 1. The molecule has 2 rings (SSSR count). The van der Waals surface area contributed by atoms with Gasteiger partial charge in [0.05, 0.1) is 0 Å². The number of cyclic esters (lactones) is 1. The van der Waals surface area contributed by atoms with Crippen LogP contribution in [-0.2, 0) is 16.1 Å². The van der Waals surface area contributed by atoms with Crippen LogP contribution in [0.25, 0.3) is 0 Å². The van der Waals surface area contributed by atoms with E-state index in [1.54, 1.807) is 12.4 Å². The maximum Gasteiger partial charge on any atom is 0.410 e. The Kier molecular flexibility index (Phi) is 4.55. The second-order valence-electron chi connectivity index (χ2n) is 5.22. The van der Waals surface area contributed by atoms with Gasteiger partial charge in [0.25, 0.3) is 0 Å². The third kappa shape index (κ3) is 3.46. The zero-order chi connectivity index (χ0) is 14.5. The van der Waals surface area contributed by atoms with Crippen molar-refractivity contribution in [1.82, 2.24) is 15.2 Å². The molecule has 0 spiro atoms. The van der Waals surface area contributed by atoms with E-state index in [-0.39, 0.29) is 18.4 Å². The van der Waals surface area contributed by atoms with Crippen LogP contribution in [0.15, 0.2) is 24.5 Å². The number of carbonyl (C=O) groups is 2. The molecule has 1 N–H and O–H groups in total. The minimum absolute atomic E-state index is 0.116. The second kappa shape index (κ2) is 6.36. The van der Waals surface area contributed by atoms with Crippen molar-refractivity contribution in [2.24, 2.45) is 5.92 Å². The second-order valence-corrected chi connectivity index (χ2v) is 5.22. The number of carbonyl (C=O) groups excluding carboxylic acids is 2. The molecule has 108 valence electrons. The van der Waals surface area contributed by atoms with Gasteiger partial charge in [-0.1, -0.05) is 19.9 Å². The molecule has 0 unspecified atom stereocenters. The van der Waals surface area contributed by atoms with Gasteiger partial charge < -0.3 is 10.1 Å². The van der Waals surface area contributed by atoms with E-state index >= 15 is 0 Å². The fourth-order valence-electron chi connectivity index (χ4n) is 2.07. The van der Waals surface area contributed by atoms with Crippen LogP contribution in [0.2, 0.25) is 0 Å². The molecular weight excluding hydrogens is 258 g/mol. The average Bonchev–Trinajstić information content (AvgIpc) is 2.78. The van der Waals surface area contributed by atoms with Gasteiger partial charge in [0.1, 0.15) is 12.6 Å². The van der Waals surface area contributed by atoms with Crippen molar-refractivity contribution in [2.75, 3.05) is 13.2 Å². The van der Waals surface area contributed by atoms with Crippen LogP contribution in [0.3, 0.4) is 0 Å². The number of hydrogen-bond acceptors (Lipinski definition) is 4. The highest BCUT2D eigenvalue weighted by atomic mass is 16.6. The summed E-state index contributed by atoms with van der Waals surface area (Å²) in [5.41, 5.74) is 0.918. The minimum Gasteiger partial charge on any atom is -0.447 e. The van der Waals surface area contributed by atoms with Gasteiger partial charge in [0.15, 0.2) is 0 Å². The lowest BCUT2D eigenvalue weighted by Gasteiger charge is -2.22. The van der Waals surface area contributed by atoms with E-state index in [2.05, 4.69) is 10.3 Å². The van der Waals surface area contributed by atoms with Crippen molar-refractivity contribution in [3.63, 3.8) is 0 Å². The van der Waals surface area contributed by atoms with E-state index in [0.717, 1.165) is 5.56 Å². The summed E-state index contributed by atoms with van der Waals surface area (Å²) < 4.78 is 4.97. The Morgan fingerprint density at radius 1 is 1.60 bits per heavy atom. The number of rotatable bonds is 5. The Morgan fingerprint density at radius 2 is 2.40 bits per heavy atom. The van der Waals surface area contributed by atoms with Crippen molar-refractivity contribution in [3.05, 3.63) is 30.1 Å². The van der Waals surface area contributed by atoms with Crippen LogP contribution < -0.4 is 5.32 Å². The zero-order valence-electron chi connectivity index (χ0n) is 11.7. The molecule has 0 bridgehead atoms. The van der Waals surface area contributed by atoms with E-state index in [4.69, 9.17) is 4.74 Å². The number of amides is 2. The fourth-order valence-corrected chi connectivity index (χ4v) is 2.07. The van der Waals surface area contributed by atoms with E-state index in [0.29, 0.717) is 13.1 Å². The summed E-state index contributed by atoms with van der Waals surface area (Å²) in [4.78, 5) is 29.2. The van der Waals surface area contributed by atoms with Crippen molar-refractivity contribution >= 4 is 12.0 Å². The molecule has 1 aromatic heterocycles. The summed E-state index contributed by atoms with van der Waals surface area (Å²) in [7, 11) is 0. The first-order valence-electron chi connectivity index (χ1n) is 6.68. The Hall–Kier alpha value is -2.11. The number of ether oxygens (including phenoxy) is 1. The van der Waals surface area contributed by atoms with Gasteiger partial charge in [-0.2, -0.15) is 0 Å². The normalized spacial score (nSPS) is 18.2. The Morgan fingerprint density at radius 3 is 3.05 bits per heavy atom. The maximum atomic E-state index is 12.2. The summed E-state index contributed by atoms with van der Waals surface area (Å²) in [5, 5.41) is 2.81. The van der Waals surface area contributed by atoms with Crippen LogP contribution in [-0.4, -0.2) is 41.1 Å². The van der Waals surface area contributed by atoms with Gasteiger partial charge in [-0.25, -0.2) is 4.79 Å². The van der Waals surface area contributed by atoms with Gasteiger partial charge in [0.2, 0.25) is 5.91 Å². The molecule has 6 heteroatoms. The fraction of sp³-hybridized carbons (Fsp3) is 0.500. The zero-order valence-corrected chi connectivity index (χ0v) is 11.7. The first-order chi connectivity index (χ1) is 9.58. The molecule has 1 aliphatic rings. The van der Waals surface area contributed by atoms with Crippen LogP contribution in [0.1, 0.15) is 19.4 Å². The van der Waals surface area contributed by atoms with Crippen LogP contribution in [0.5, 0.6) is 0 Å². The highest BCUT2D eigenvalue weighted by Crippen LogP contribution is 2.15. The van der Waals surface area contributed by atoms with Gasteiger partial charge in [-0.05, 0) is 17.5 Å². The van der Waals surface area contributed by atoms with Crippen molar-refractivity contribution < 1.29 is 14.3 Å². The lowest BCUT2D eigenvalue weighted by molar-refractivity contribution is -0.125. The molecule has 1 aliphatic heterocycles. The first kappa shape index (κ1) is 14.3. The van der Waals surface area contributed by atoms with E-state index in [1.807, 2.05) is 26.0 Å². The third-order valence-electron chi connectivity index (χ3n) is 3.03. The summed E-state index contributed by atoms with van der Waals surface area (Å²) in [6, 6.07) is 3.16. The van der Waals surface area contributed by atoms with E-state index in [9.17, 15) is 9.59 Å².